The van der Waals surface area contributed by atoms with E-state index in [-0.39, 0.29) is 24.7 Å². The second-order valence-electron chi connectivity index (χ2n) is 6.22. The molecular formula is C20H21ClN2O4. The Morgan fingerprint density at radius 3 is 2.78 bits per heavy atom. The van der Waals surface area contributed by atoms with Crippen LogP contribution >= 0.6 is 11.6 Å². The van der Waals surface area contributed by atoms with Crippen LogP contribution in [0.15, 0.2) is 42.5 Å². The van der Waals surface area contributed by atoms with E-state index >= 15 is 0 Å². The fraction of sp³-hybridized carbons (Fsp3) is 0.300. The van der Waals surface area contributed by atoms with Crippen molar-refractivity contribution in [3.63, 3.8) is 0 Å². The number of benzene rings is 2. The van der Waals surface area contributed by atoms with Gasteiger partial charge in [-0.15, -0.1) is 0 Å². The smallest absolute Gasteiger partial charge is 0.434 e. The maximum Gasteiger partial charge on any atom is 0.513 e. The fourth-order valence-corrected chi connectivity index (χ4v) is 3.34. The summed E-state index contributed by atoms with van der Waals surface area (Å²) in [5, 5.41) is 0.377. The largest absolute Gasteiger partial charge is 0.513 e. The van der Waals surface area contributed by atoms with Gasteiger partial charge in [0.15, 0.2) is 0 Å². The molecule has 3 rings (SSSR count). The average molecular weight is 389 g/mol. The number of rotatable bonds is 5. The maximum atomic E-state index is 12.8. The minimum Gasteiger partial charge on any atom is -0.434 e. The monoisotopic (exact) mass is 388 g/mol. The summed E-state index contributed by atoms with van der Waals surface area (Å²) < 4.78 is 9.73. The fourth-order valence-electron chi connectivity index (χ4n) is 3.09. The predicted octanol–water partition coefficient (Wildman–Crippen LogP) is 3.33. The number of halogens is 1. The van der Waals surface area contributed by atoms with Crippen LogP contribution in [0.5, 0.6) is 5.75 Å². The van der Waals surface area contributed by atoms with Gasteiger partial charge in [0.25, 0.3) is 0 Å². The highest BCUT2D eigenvalue weighted by Gasteiger charge is 2.28. The van der Waals surface area contributed by atoms with Crippen molar-refractivity contribution in [2.45, 2.75) is 25.8 Å². The van der Waals surface area contributed by atoms with Crippen molar-refractivity contribution in [2.24, 2.45) is 5.73 Å². The number of ether oxygens (including phenoxy) is 2. The number of hydrogen-bond donors (Lipinski definition) is 1. The van der Waals surface area contributed by atoms with Gasteiger partial charge in [-0.1, -0.05) is 35.9 Å². The highest BCUT2D eigenvalue weighted by molar-refractivity contribution is 6.31. The zero-order chi connectivity index (χ0) is 19.4. The van der Waals surface area contributed by atoms with Gasteiger partial charge < -0.3 is 20.1 Å². The number of carbonyl (C=O) groups is 2. The minimum absolute atomic E-state index is 0.136. The summed E-state index contributed by atoms with van der Waals surface area (Å²) >= 11 is 6.27. The molecule has 142 valence electrons. The van der Waals surface area contributed by atoms with Gasteiger partial charge in [0.2, 0.25) is 5.91 Å². The molecule has 1 amide bonds. The number of carbonyl (C=O) groups excluding carboxylic acids is 2. The van der Waals surface area contributed by atoms with Gasteiger partial charge in [0, 0.05) is 17.3 Å². The third-order valence-electron chi connectivity index (χ3n) is 4.40. The first-order valence-electron chi connectivity index (χ1n) is 8.77. The highest BCUT2D eigenvalue weighted by atomic mass is 35.5. The minimum atomic E-state index is -0.791. The molecule has 0 radical (unpaired) electrons. The zero-order valence-electron chi connectivity index (χ0n) is 15.0. The normalized spacial score (nSPS) is 13.8. The SMILES string of the molecule is CCOC(=O)Oc1ccc(CC(N)C(=O)N2CCc3ccccc32)c(Cl)c1. The molecule has 2 N–H and O–H groups in total. The summed E-state index contributed by atoms with van der Waals surface area (Å²) in [6.45, 7) is 2.54. The van der Waals surface area contributed by atoms with Crippen molar-refractivity contribution in [3.05, 3.63) is 58.6 Å². The molecule has 0 fully saturated rings. The summed E-state index contributed by atoms with van der Waals surface area (Å²) in [6.07, 6.45) is 0.326. The van der Waals surface area contributed by atoms with Gasteiger partial charge in [-0.25, -0.2) is 4.79 Å². The molecule has 1 unspecified atom stereocenters. The molecule has 1 aliphatic heterocycles. The van der Waals surface area contributed by atoms with Crippen LogP contribution in [0.3, 0.4) is 0 Å². The number of nitrogens with two attached hydrogens (primary N) is 1. The van der Waals surface area contributed by atoms with Gasteiger partial charge >= 0.3 is 6.16 Å². The van der Waals surface area contributed by atoms with E-state index in [9.17, 15) is 9.59 Å². The van der Waals surface area contributed by atoms with Gasteiger partial charge in [0.1, 0.15) is 5.75 Å². The van der Waals surface area contributed by atoms with Gasteiger partial charge in [0.05, 0.1) is 12.6 Å². The predicted molar refractivity (Wildman–Crippen MR) is 103 cm³/mol. The van der Waals surface area contributed by atoms with Crippen LogP contribution in [0.1, 0.15) is 18.1 Å². The number of para-hydroxylation sites is 1. The number of amides is 1. The van der Waals surface area contributed by atoms with E-state index in [2.05, 4.69) is 0 Å². The van der Waals surface area contributed by atoms with E-state index < -0.39 is 12.2 Å². The van der Waals surface area contributed by atoms with Crippen LogP contribution in [0, 0.1) is 0 Å². The van der Waals surface area contributed by atoms with Gasteiger partial charge in [-0.3, -0.25) is 4.79 Å². The summed E-state index contributed by atoms with van der Waals surface area (Å²) in [7, 11) is 0. The van der Waals surface area contributed by atoms with Crippen molar-refractivity contribution < 1.29 is 19.1 Å². The molecule has 1 aliphatic rings. The van der Waals surface area contributed by atoms with Crippen LogP contribution in [0.4, 0.5) is 10.5 Å². The Labute approximate surface area is 162 Å². The Bertz CT molecular complexity index is 856. The Morgan fingerprint density at radius 2 is 2.04 bits per heavy atom. The van der Waals surface area contributed by atoms with Crippen molar-refractivity contribution in [1.82, 2.24) is 0 Å². The highest BCUT2D eigenvalue weighted by Crippen LogP contribution is 2.29. The molecule has 0 aromatic heterocycles. The molecule has 1 atom stereocenters. The molecule has 7 heteroatoms. The lowest BCUT2D eigenvalue weighted by molar-refractivity contribution is -0.119. The molecule has 6 nitrogen and oxygen atoms in total. The number of nitrogens with zero attached hydrogens (tertiary/aromatic N) is 1. The van der Waals surface area contributed by atoms with Gasteiger partial charge in [-0.05, 0) is 49.1 Å². The van der Waals surface area contributed by atoms with Crippen LogP contribution in [-0.4, -0.2) is 31.3 Å². The Balaban J connectivity index is 1.66. The Hall–Kier alpha value is -2.57. The molecule has 0 aliphatic carbocycles. The molecular weight excluding hydrogens is 368 g/mol. The molecule has 0 spiro atoms. The second-order valence-corrected chi connectivity index (χ2v) is 6.62. The van der Waals surface area contributed by atoms with Crippen LogP contribution in [0.25, 0.3) is 0 Å². The van der Waals surface area contributed by atoms with E-state index in [1.165, 1.54) is 6.07 Å². The van der Waals surface area contributed by atoms with Crippen LogP contribution in [-0.2, 0) is 22.4 Å². The lowest BCUT2D eigenvalue weighted by Gasteiger charge is -2.22. The molecule has 0 saturated carbocycles. The van der Waals surface area contributed by atoms with E-state index in [0.717, 1.165) is 17.7 Å². The molecule has 27 heavy (non-hydrogen) atoms. The second kappa shape index (κ2) is 8.41. The summed E-state index contributed by atoms with van der Waals surface area (Å²) in [5.41, 5.74) is 8.94. The standard InChI is InChI=1S/C20H21ClN2O4/c1-2-26-20(25)27-15-8-7-14(16(21)12-15)11-17(22)19(24)23-10-9-13-5-3-4-6-18(13)23/h3-8,12,17H,2,9-11,22H2,1H3. The lowest BCUT2D eigenvalue weighted by Crippen LogP contribution is -2.44. The third-order valence-corrected chi connectivity index (χ3v) is 4.75. The van der Waals surface area contributed by atoms with Crippen LogP contribution in [0.2, 0.25) is 5.02 Å². The van der Waals surface area contributed by atoms with Crippen molar-refractivity contribution in [1.29, 1.82) is 0 Å². The maximum absolute atomic E-state index is 12.8. The Morgan fingerprint density at radius 1 is 1.26 bits per heavy atom. The number of hydrogen-bond acceptors (Lipinski definition) is 5. The first-order valence-corrected chi connectivity index (χ1v) is 9.15. The lowest BCUT2D eigenvalue weighted by atomic mass is 10.0. The van der Waals surface area contributed by atoms with Crippen LogP contribution < -0.4 is 15.4 Å². The Kier molecular flexibility index (Phi) is 5.98. The summed E-state index contributed by atoms with van der Waals surface area (Å²) in [6, 6.07) is 11.9. The zero-order valence-corrected chi connectivity index (χ0v) is 15.7. The topological polar surface area (TPSA) is 81.9 Å². The van der Waals surface area contributed by atoms with Crippen molar-refractivity contribution in [2.75, 3.05) is 18.1 Å². The van der Waals surface area contributed by atoms with E-state index in [1.807, 2.05) is 24.3 Å². The molecule has 1 heterocycles. The van der Waals surface area contributed by atoms with Crippen molar-refractivity contribution in [3.8, 4) is 5.75 Å². The molecule has 2 aromatic rings. The van der Waals surface area contributed by atoms with E-state index in [4.69, 9.17) is 26.8 Å². The molecule has 0 bridgehead atoms. The quantitative estimate of drug-likeness (QED) is 0.627. The first kappa shape index (κ1) is 19.2. The first-order chi connectivity index (χ1) is 13.0. The van der Waals surface area contributed by atoms with Crippen molar-refractivity contribution >= 4 is 29.4 Å². The molecule has 0 saturated heterocycles. The van der Waals surface area contributed by atoms with E-state index in [0.29, 0.717) is 17.1 Å². The summed E-state index contributed by atoms with van der Waals surface area (Å²) in [5.74, 6) is 0.137. The number of anilines is 1. The number of fused-ring (bicyclic) bond motifs is 1. The summed E-state index contributed by atoms with van der Waals surface area (Å²) in [4.78, 5) is 25.9. The van der Waals surface area contributed by atoms with E-state index in [1.54, 1.807) is 24.0 Å². The van der Waals surface area contributed by atoms with Gasteiger partial charge in [-0.2, -0.15) is 0 Å². The third kappa shape index (κ3) is 4.40. The average Bonchev–Trinajstić information content (AvgIpc) is 3.07. The molecule has 2 aromatic carbocycles.